The van der Waals surface area contributed by atoms with E-state index in [2.05, 4.69) is 69.4 Å². The average molecular weight is 489 g/mol. The first-order valence-corrected chi connectivity index (χ1v) is 12.5. The number of rotatable bonds is 8. The monoisotopic (exact) mass is 488 g/mol. The number of benzene rings is 1. The summed E-state index contributed by atoms with van der Waals surface area (Å²) in [6.45, 7) is 14.2. The van der Waals surface area contributed by atoms with E-state index < -0.39 is 0 Å². The first-order chi connectivity index (χ1) is 17.9. The average Bonchev–Trinajstić information content (AvgIpc) is 3.37. The molecule has 0 bridgehead atoms. The summed E-state index contributed by atoms with van der Waals surface area (Å²) in [5, 5.41) is 3.48. The summed E-state index contributed by atoms with van der Waals surface area (Å²) in [5.41, 5.74) is 18.8. The number of nitrogens with zero attached hydrogens (tertiary/aromatic N) is 2. The van der Waals surface area contributed by atoms with E-state index in [1.807, 2.05) is 37.4 Å². The highest BCUT2D eigenvalue weighted by Gasteiger charge is 2.15. The van der Waals surface area contributed by atoms with Crippen molar-refractivity contribution in [3.63, 3.8) is 0 Å². The second-order valence-corrected chi connectivity index (χ2v) is 9.09. The molecule has 0 saturated carbocycles. The Labute approximate surface area is 221 Å². The number of pyridine rings is 2. The molecular weight excluding hydrogens is 452 g/mol. The third-order valence-electron chi connectivity index (χ3n) is 6.63. The van der Waals surface area contributed by atoms with E-state index in [1.165, 1.54) is 24.0 Å². The fourth-order valence-electron chi connectivity index (χ4n) is 4.77. The molecule has 4 heteroatoms. The van der Waals surface area contributed by atoms with Gasteiger partial charge in [0.05, 0.1) is 22.8 Å². The van der Waals surface area contributed by atoms with Crippen LogP contribution in [0.1, 0.15) is 48.3 Å². The van der Waals surface area contributed by atoms with Crippen molar-refractivity contribution in [3.05, 3.63) is 113 Å². The van der Waals surface area contributed by atoms with Crippen molar-refractivity contribution in [1.29, 1.82) is 0 Å². The van der Waals surface area contributed by atoms with E-state index in [-0.39, 0.29) is 0 Å². The molecule has 0 unspecified atom stereocenters. The topological polar surface area (TPSA) is 63.8 Å². The van der Waals surface area contributed by atoms with Crippen molar-refractivity contribution in [2.24, 2.45) is 0 Å². The molecule has 1 aliphatic carbocycles. The normalized spacial score (nSPS) is 12.8. The van der Waals surface area contributed by atoms with Gasteiger partial charge in [0, 0.05) is 29.6 Å². The number of hydrogen-bond acceptors (Lipinski definition) is 4. The van der Waals surface area contributed by atoms with Crippen molar-refractivity contribution in [3.8, 4) is 24.1 Å². The number of nitrogens with two attached hydrogens (primary N) is 1. The molecule has 188 valence electrons. The zero-order valence-electron chi connectivity index (χ0n) is 22.1. The third-order valence-corrected chi connectivity index (χ3v) is 6.63. The quantitative estimate of drug-likeness (QED) is 0.255. The molecule has 2 heterocycles. The van der Waals surface area contributed by atoms with Crippen molar-refractivity contribution < 1.29 is 0 Å². The smallest absolute Gasteiger partial charge is 0.0751 e. The van der Waals surface area contributed by atoms with Crippen LogP contribution in [0.15, 0.2) is 85.3 Å². The summed E-state index contributed by atoms with van der Waals surface area (Å²) in [6.07, 6.45) is 19.8. The maximum atomic E-state index is 6.29. The maximum absolute atomic E-state index is 6.29. The van der Waals surface area contributed by atoms with Gasteiger partial charge in [-0.15, -0.1) is 12.8 Å². The fourth-order valence-corrected chi connectivity index (χ4v) is 4.77. The van der Waals surface area contributed by atoms with Crippen LogP contribution < -0.4 is 11.1 Å². The number of aryl methyl sites for hydroxylation is 2. The van der Waals surface area contributed by atoms with Gasteiger partial charge < -0.3 is 11.1 Å². The van der Waals surface area contributed by atoms with Gasteiger partial charge >= 0.3 is 0 Å². The predicted molar refractivity (Wildman–Crippen MR) is 159 cm³/mol. The van der Waals surface area contributed by atoms with Gasteiger partial charge in [-0.1, -0.05) is 43.5 Å². The van der Waals surface area contributed by atoms with Crippen LogP contribution >= 0.6 is 0 Å². The Morgan fingerprint density at radius 1 is 1.14 bits per heavy atom. The molecule has 0 radical (unpaired) electrons. The fraction of sp³-hybridized carbons (Fsp3) is 0.212. The summed E-state index contributed by atoms with van der Waals surface area (Å²) in [6, 6.07) is 12.6. The third kappa shape index (κ3) is 6.26. The van der Waals surface area contributed by atoms with Crippen LogP contribution in [-0.2, 0) is 19.3 Å². The molecule has 1 aliphatic rings. The molecule has 0 aliphatic heterocycles. The number of nitrogens with one attached hydrogen (secondary N) is 1. The molecule has 2 aromatic heterocycles. The van der Waals surface area contributed by atoms with Gasteiger partial charge in [-0.25, -0.2) is 0 Å². The molecule has 37 heavy (non-hydrogen) atoms. The summed E-state index contributed by atoms with van der Waals surface area (Å²) >= 11 is 0. The SMILES string of the molecule is C#C.C=C/C=C(C)\C(=C/C)c1ccc(N)c(CC(=C)Nc2ccnc(-c3ccc4c(c3)CCC4)c2C)n1. The molecule has 4 nitrogen and oxygen atoms in total. The number of aromatic nitrogens is 2. The predicted octanol–water partition coefficient (Wildman–Crippen LogP) is 7.48. The van der Waals surface area contributed by atoms with Crippen molar-refractivity contribution in [2.45, 2.75) is 46.5 Å². The highest BCUT2D eigenvalue weighted by atomic mass is 14.9. The largest absolute Gasteiger partial charge is 0.397 e. The van der Waals surface area contributed by atoms with E-state index in [4.69, 9.17) is 15.7 Å². The van der Waals surface area contributed by atoms with Gasteiger partial charge in [0.25, 0.3) is 0 Å². The van der Waals surface area contributed by atoms with E-state index in [1.54, 1.807) is 6.08 Å². The second kappa shape index (κ2) is 12.6. The Morgan fingerprint density at radius 2 is 1.89 bits per heavy atom. The van der Waals surface area contributed by atoms with E-state index in [0.29, 0.717) is 12.1 Å². The van der Waals surface area contributed by atoms with Gasteiger partial charge in [-0.05, 0) is 92.1 Å². The van der Waals surface area contributed by atoms with E-state index in [9.17, 15) is 0 Å². The van der Waals surface area contributed by atoms with Crippen LogP contribution in [0, 0.1) is 19.8 Å². The van der Waals surface area contributed by atoms with Crippen molar-refractivity contribution in [2.75, 3.05) is 11.1 Å². The molecule has 3 N–H and O–H groups in total. The Bertz CT molecular complexity index is 1390. The molecule has 0 fully saturated rings. The number of hydrogen-bond donors (Lipinski definition) is 2. The lowest BCUT2D eigenvalue weighted by atomic mass is 10.0. The zero-order chi connectivity index (χ0) is 26.9. The minimum atomic E-state index is 0.525. The Balaban J connectivity index is 0.00000186. The highest BCUT2D eigenvalue weighted by molar-refractivity contribution is 5.77. The lowest BCUT2D eigenvalue weighted by molar-refractivity contribution is 0.912. The molecule has 4 rings (SSSR count). The van der Waals surface area contributed by atoms with Crippen LogP contribution in [0.25, 0.3) is 16.8 Å². The Kier molecular flexibility index (Phi) is 9.24. The van der Waals surface area contributed by atoms with Gasteiger partial charge in [0.2, 0.25) is 0 Å². The lowest BCUT2D eigenvalue weighted by Gasteiger charge is -2.16. The first-order valence-electron chi connectivity index (χ1n) is 12.5. The molecule has 1 aromatic carbocycles. The second-order valence-electron chi connectivity index (χ2n) is 9.09. The van der Waals surface area contributed by atoms with E-state index >= 15 is 0 Å². The molecule has 0 saturated heterocycles. The molecule has 0 amide bonds. The van der Waals surface area contributed by atoms with Crippen molar-refractivity contribution >= 4 is 16.9 Å². The van der Waals surface area contributed by atoms with Gasteiger partial charge in [-0.3, -0.25) is 9.97 Å². The summed E-state index contributed by atoms with van der Waals surface area (Å²) in [7, 11) is 0. The highest BCUT2D eigenvalue weighted by Crippen LogP contribution is 2.32. The van der Waals surface area contributed by atoms with Crippen LogP contribution in [0.2, 0.25) is 0 Å². The van der Waals surface area contributed by atoms with Gasteiger partial charge in [0.15, 0.2) is 0 Å². The number of terminal acetylenes is 1. The van der Waals surface area contributed by atoms with Crippen molar-refractivity contribution in [1.82, 2.24) is 9.97 Å². The Morgan fingerprint density at radius 3 is 2.62 bits per heavy atom. The maximum Gasteiger partial charge on any atom is 0.0751 e. The summed E-state index contributed by atoms with van der Waals surface area (Å²) in [5.74, 6) is 0. The van der Waals surface area contributed by atoms with Crippen LogP contribution in [-0.4, -0.2) is 9.97 Å². The zero-order valence-corrected chi connectivity index (χ0v) is 22.1. The first kappa shape index (κ1) is 27.2. The molecule has 0 spiro atoms. The number of anilines is 2. The van der Waals surface area contributed by atoms with Gasteiger partial charge in [0.1, 0.15) is 0 Å². The number of nitrogen functional groups attached to an aromatic ring is 1. The lowest BCUT2D eigenvalue weighted by Crippen LogP contribution is -2.08. The minimum Gasteiger partial charge on any atom is -0.397 e. The molecule has 3 aromatic rings. The van der Waals surface area contributed by atoms with E-state index in [0.717, 1.165) is 57.2 Å². The standard InChI is InChI=1S/C31H34N4.C2H2/c1-6-9-20(3)26(7-2)29-15-14-27(32)30(35-29)18-21(4)34-28-16-17-33-31(22(28)5)25-13-12-23-10-8-11-24(23)19-25;1-2/h6-7,9,12-17,19H,1,4,8,10-11,18,32H2,2-3,5H3,(H,33,34);1-2H/b20-9-,26-7+;. The molecular formula is C33H36N4. The number of allylic oxidation sites excluding steroid dienone is 6. The number of fused-ring (bicyclic) bond motifs is 1. The van der Waals surface area contributed by atoms with Crippen LogP contribution in [0.3, 0.4) is 0 Å². The summed E-state index contributed by atoms with van der Waals surface area (Å²) < 4.78 is 0. The Hall–Kier alpha value is -4.36. The van der Waals surface area contributed by atoms with Crippen LogP contribution in [0.5, 0.6) is 0 Å². The van der Waals surface area contributed by atoms with Gasteiger partial charge in [-0.2, -0.15) is 0 Å². The van der Waals surface area contributed by atoms with Crippen LogP contribution in [0.4, 0.5) is 11.4 Å². The summed E-state index contributed by atoms with van der Waals surface area (Å²) in [4.78, 5) is 9.56. The molecule has 0 atom stereocenters. The minimum absolute atomic E-state index is 0.525.